The Bertz CT molecular complexity index is 476. The summed E-state index contributed by atoms with van der Waals surface area (Å²) in [6.45, 7) is -0.0673. The Balaban J connectivity index is 1.69. The average Bonchev–Trinajstić information content (AvgIpc) is 3.12. The molecule has 2 N–H and O–H groups in total. The Labute approximate surface area is 123 Å². The highest BCUT2D eigenvalue weighted by Gasteiger charge is 2.27. The van der Waals surface area contributed by atoms with Crippen molar-refractivity contribution in [2.75, 3.05) is 18.8 Å². The van der Waals surface area contributed by atoms with Gasteiger partial charge in [0, 0.05) is 12.6 Å². The van der Waals surface area contributed by atoms with Gasteiger partial charge in [-0.05, 0) is 23.3 Å². The van der Waals surface area contributed by atoms with Crippen LogP contribution in [0.4, 0.5) is 13.2 Å². The molecule has 1 fully saturated rings. The fourth-order valence-corrected chi connectivity index (χ4v) is 2.22. The first-order valence-electron chi connectivity index (χ1n) is 6.40. The number of nitrogens with one attached hydrogen (secondary N) is 2. The number of carbonyl (C=O) groups is 1. The zero-order valence-corrected chi connectivity index (χ0v) is 11.9. The van der Waals surface area contributed by atoms with Gasteiger partial charge in [0.15, 0.2) is 0 Å². The first kappa shape index (κ1) is 16.0. The highest BCUT2D eigenvalue weighted by atomic mass is 32.2. The largest absolute Gasteiger partial charge is 0.405 e. The minimum Gasteiger partial charge on any atom is -0.346 e. The molecule has 0 bridgehead atoms. The van der Waals surface area contributed by atoms with E-state index >= 15 is 0 Å². The summed E-state index contributed by atoms with van der Waals surface area (Å²) in [6.07, 6.45) is -2.05. The van der Waals surface area contributed by atoms with Gasteiger partial charge >= 0.3 is 6.18 Å². The molecule has 0 unspecified atom stereocenters. The number of hydrogen-bond donors (Lipinski definition) is 2. The van der Waals surface area contributed by atoms with Gasteiger partial charge in [0.2, 0.25) is 11.1 Å². The van der Waals surface area contributed by atoms with Crippen LogP contribution in [0.2, 0.25) is 0 Å². The van der Waals surface area contributed by atoms with Gasteiger partial charge in [-0.3, -0.25) is 4.79 Å². The van der Waals surface area contributed by atoms with Crippen molar-refractivity contribution in [2.24, 2.45) is 0 Å². The highest BCUT2D eigenvalue weighted by Crippen LogP contribution is 2.18. The lowest BCUT2D eigenvalue weighted by molar-refractivity contribution is -0.136. The number of carbonyl (C=O) groups excluding carboxylic acids is 1. The molecule has 1 amide bonds. The van der Waals surface area contributed by atoms with Crippen LogP contribution in [-0.2, 0) is 11.3 Å². The molecule has 1 aromatic rings. The molecule has 0 saturated heterocycles. The van der Waals surface area contributed by atoms with Gasteiger partial charge in [0.1, 0.15) is 6.54 Å². The summed E-state index contributed by atoms with van der Waals surface area (Å²) in [5, 5.41) is 16.5. The first-order valence-corrected chi connectivity index (χ1v) is 7.38. The van der Waals surface area contributed by atoms with Gasteiger partial charge in [-0.2, -0.15) is 13.2 Å². The molecule has 1 aromatic heterocycles. The van der Waals surface area contributed by atoms with Gasteiger partial charge in [-0.25, -0.2) is 4.68 Å². The lowest BCUT2D eigenvalue weighted by Crippen LogP contribution is -2.34. The van der Waals surface area contributed by atoms with Crippen LogP contribution in [-0.4, -0.2) is 57.2 Å². The van der Waals surface area contributed by atoms with E-state index < -0.39 is 18.6 Å². The molecule has 0 spiro atoms. The summed E-state index contributed by atoms with van der Waals surface area (Å²) in [5.41, 5.74) is 0. The number of aromatic nitrogens is 4. The average molecular weight is 324 g/mol. The molecule has 0 radical (unpaired) electrons. The van der Waals surface area contributed by atoms with Crippen LogP contribution in [0.25, 0.3) is 0 Å². The third-order valence-electron chi connectivity index (χ3n) is 2.65. The maximum Gasteiger partial charge on any atom is 0.405 e. The summed E-state index contributed by atoms with van der Waals surface area (Å²) in [5.74, 6) is -0.866. The van der Waals surface area contributed by atoms with Gasteiger partial charge in [0.05, 0.1) is 12.3 Å². The molecule has 7 nitrogen and oxygen atoms in total. The molecule has 118 valence electrons. The molecule has 1 heterocycles. The van der Waals surface area contributed by atoms with E-state index in [2.05, 4.69) is 20.8 Å². The molecule has 2 rings (SSSR count). The van der Waals surface area contributed by atoms with Crippen molar-refractivity contribution in [3.05, 3.63) is 0 Å². The zero-order valence-electron chi connectivity index (χ0n) is 11.1. The number of halogens is 3. The number of thioether (sulfide) groups is 1. The predicted molar refractivity (Wildman–Crippen MR) is 68.6 cm³/mol. The molecule has 1 aliphatic carbocycles. The number of nitrogens with zero attached hydrogens (tertiary/aromatic N) is 4. The number of rotatable bonds is 8. The fourth-order valence-electron chi connectivity index (χ4n) is 1.48. The first-order chi connectivity index (χ1) is 9.94. The van der Waals surface area contributed by atoms with E-state index in [1.807, 2.05) is 0 Å². The third kappa shape index (κ3) is 6.29. The van der Waals surface area contributed by atoms with E-state index in [-0.39, 0.29) is 5.75 Å². The SMILES string of the molecule is O=C(CSc1nnnn1CCNC1CC1)NCC(F)(F)F. The molecular weight excluding hydrogens is 309 g/mol. The van der Waals surface area contributed by atoms with Crippen LogP contribution in [0.5, 0.6) is 0 Å². The minimum atomic E-state index is -4.41. The van der Waals surface area contributed by atoms with E-state index in [4.69, 9.17) is 0 Å². The number of amides is 1. The van der Waals surface area contributed by atoms with Crippen LogP contribution >= 0.6 is 11.8 Å². The lowest BCUT2D eigenvalue weighted by Gasteiger charge is -2.08. The fraction of sp³-hybridized carbons (Fsp3) is 0.800. The van der Waals surface area contributed by atoms with E-state index in [0.29, 0.717) is 24.3 Å². The van der Waals surface area contributed by atoms with E-state index in [9.17, 15) is 18.0 Å². The second-order valence-electron chi connectivity index (χ2n) is 4.59. The molecule has 0 aliphatic heterocycles. The van der Waals surface area contributed by atoms with Crippen molar-refractivity contribution in [1.29, 1.82) is 0 Å². The van der Waals surface area contributed by atoms with Crippen molar-refractivity contribution >= 4 is 17.7 Å². The van der Waals surface area contributed by atoms with Gasteiger partial charge in [-0.15, -0.1) is 5.10 Å². The number of alkyl halides is 3. The monoisotopic (exact) mass is 324 g/mol. The van der Waals surface area contributed by atoms with Crippen molar-refractivity contribution in [2.45, 2.75) is 36.8 Å². The number of hydrogen-bond acceptors (Lipinski definition) is 6. The van der Waals surface area contributed by atoms with E-state index in [0.717, 1.165) is 11.8 Å². The maximum absolute atomic E-state index is 11.9. The van der Waals surface area contributed by atoms with Crippen molar-refractivity contribution in [1.82, 2.24) is 30.8 Å². The standard InChI is InChI=1S/C10H15F3N6OS/c11-10(12,13)6-15-8(20)5-21-9-16-17-18-19(9)4-3-14-7-1-2-7/h7,14H,1-6H2,(H,15,20). The molecule has 1 aliphatic rings. The summed E-state index contributed by atoms with van der Waals surface area (Å²) >= 11 is 1.01. The van der Waals surface area contributed by atoms with Crippen LogP contribution in [0.1, 0.15) is 12.8 Å². The normalized spacial score (nSPS) is 15.2. The van der Waals surface area contributed by atoms with Crippen molar-refractivity contribution < 1.29 is 18.0 Å². The molecule has 11 heteroatoms. The van der Waals surface area contributed by atoms with Crippen LogP contribution in [0.15, 0.2) is 5.16 Å². The van der Waals surface area contributed by atoms with E-state index in [1.54, 1.807) is 5.32 Å². The van der Waals surface area contributed by atoms with Gasteiger partial charge < -0.3 is 10.6 Å². The zero-order chi connectivity index (χ0) is 15.3. The topological polar surface area (TPSA) is 84.7 Å². The van der Waals surface area contributed by atoms with E-state index in [1.165, 1.54) is 17.5 Å². The number of tetrazole rings is 1. The maximum atomic E-state index is 11.9. The Kier molecular flexibility index (Phi) is 5.39. The van der Waals surface area contributed by atoms with Crippen molar-refractivity contribution in [3.63, 3.8) is 0 Å². The second-order valence-corrected chi connectivity index (χ2v) is 5.54. The summed E-state index contributed by atoms with van der Waals surface area (Å²) in [4.78, 5) is 11.3. The smallest absolute Gasteiger partial charge is 0.346 e. The van der Waals surface area contributed by atoms with Crippen LogP contribution in [0, 0.1) is 0 Å². The molecule has 1 saturated carbocycles. The summed E-state index contributed by atoms with van der Waals surface area (Å²) in [7, 11) is 0. The molecular formula is C10H15F3N6OS. The van der Waals surface area contributed by atoms with Crippen LogP contribution in [0.3, 0.4) is 0 Å². The third-order valence-corrected chi connectivity index (χ3v) is 3.61. The predicted octanol–water partition coefficient (Wildman–Crippen LogP) is 0.196. The second kappa shape index (κ2) is 7.07. The van der Waals surface area contributed by atoms with Crippen LogP contribution < -0.4 is 10.6 Å². The molecule has 21 heavy (non-hydrogen) atoms. The summed E-state index contributed by atoms with van der Waals surface area (Å²) < 4.78 is 37.3. The quantitative estimate of drug-likeness (QED) is 0.665. The Morgan fingerprint density at radius 2 is 2.19 bits per heavy atom. The molecule has 0 aromatic carbocycles. The van der Waals surface area contributed by atoms with Crippen molar-refractivity contribution in [3.8, 4) is 0 Å². The Hall–Kier alpha value is -1.36. The minimum absolute atomic E-state index is 0.160. The van der Waals surface area contributed by atoms with Gasteiger partial charge in [0.25, 0.3) is 0 Å². The molecule has 0 atom stereocenters. The summed E-state index contributed by atoms with van der Waals surface area (Å²) in [6, 6.07) is 0.575. The Morgan fingerprint density at radius 3 is 2.86 bits per heavy atom. The lowest BCUT2D eigenvalue weighted by atomic mass is 10.6. The van der Waals surface area contributed by atoms with Gasteiger partial charge in [-0.1, -0.05) is 11.8 Å². The Morgan fingerprint density at radius 1 is 1.43 bits per heavy atom. The highest BCUT2D eigenvalue weighted by molar-refractivity contribution is 7.99.